The van der Waals surface area contributed by atoms with Crippen molar-refractivity contribution in [1.29, 1.82) is 0 Å². The van der Waals surface area contributed by atoms with Gasteiger partial charge in [-0.1, -0.05) is 30.0 Å². The molecule has 0 aliphatic carbocycles. The molecule has 8 heteroatoms. The number of rotatable bonds is 5. The van der Waals surface area contributed by atoms with E-state index in [1.54, 1.807) is 22.7 Å². The molecule has 4 aromatic rings. The minimum atomic E-state index is -0.0893. The van der Waals surface area contributed by atoms with Crippen LogP contribution < -0.4 is 5.32 Å². The van der Waals surface area contributed by atoms with Crippen LogP contribution in [0.15, 0.2) is 59.3 Å². The van der Waals surface area contributed by atoms with Crippen molar-refractivity contribution in [2.24, 2.45) is 0 Å². The first-order valence-corrected chi connectivity index (χ1v) is 11.0. The van der Waals surface area contributed by atoms with E-state index in [-0.39, 0.29) is 12.3 Å². The van der Waals surface area contributed by atoms with Gasteiger partial charge in [-0.05, 0) is 53.3 Å². The first-order valence-electron chi connectivity index (χ1n) is 8.83. The molecular formula is C21H16N4OS3. The number of hydrogen-bond donors (Lipinski definition) is 2. The zero-order chi connectivity index (χ0) is 20.1. The highest BCUT2D eigenvalue weighted by Crippen LogP contribution is 2.23. The van der Waals surface area contributed by atoms with Gasteiger partial charge in [-0.15, -0.1) is 22.7 Å². The number of H-pyrrole nitrogens is 1. The predicted molar refractivity (Wildman–Crippen MR) is 121 cm³/mol. The molecule has 29 heavy (non-hydrogen) atoms. The van der Waals surface area contributed by atoms with Gasteiger partial charge in [0.15, 0.2) is 10.6 Å². The number of carbonyl (C=O) groups excluding carboxylic acids is 1. The van der Waals surface area contributed by atoms with Crippen LogP contribution >= 0.6 is 34.9 Å². The van der Waals surface area contributed by atoms with Gasteiger partial charge in [-0.2, -0.15) is 5.10 Å². The van der Waals surface area contributed by atoms with E-state index in [0.29, 0.717) is 11.3 Å². The van der Waals surface area contributed by atoms with Gasteiger partial charge in [0.05, 0.1) is 9.75 Å². The third-order valence-electron chi connectivity index (χ3n) is 4.06. The summed E-state index contributed by atoms with van der Waals surface area (Å²) in [6.07, 6.45) is 0.289. The van der Waals surface area contributed by atoms with E-state index in [1.165, 1.54) is 0 Å². The summed E-state index contributed by atoms with van der Waals surface area (Å²) in [5.74, 6) is 6.91. The summed E-state index contributed by atoms with van der Waals surface area (Å²) in [6, 6.07) is 15.4. The topological polar surface area (TPSA) is 62.7 Å². The second-order valence-corrected chi connectivity index (χ2v) is 8.37. The third kappa shape index (κ3) is 4.90. The molecule has 4 rings (SSSR count). The van der Waals surface area contributed by atoms with Crippen LogP contribution in [-0.4, -0.2) is 20.7 Å². The first-order chi connectivity index (χ1) is 14.2. The van der Waals surface area contributed by atoms with Gasteiger partial charge in [-0.25, -0.2) is 0 Å². The standard InChI is InChI=1S/C21H16N4OS3/c26-19(10-11-25-20(23-24-21(25)27)18-7-3-13-29-18)22-16-5-1-4-15(14-16)8-9-17-6-2-12-28-17/h1-7,12-14H,10-11H2,(H,22,26)(H,24,27). The summed E-state index contributed by atoms with van der Waals surface area (Å²) in [5, 5.41) is 14.0. The summed E-state index contributed by atoms with van der Waals surface area (Å²) in [4.78, 5) is 14.5. The van der Waals surface area contributed by atoms with Crippen LogP contribution in [0, 0.1) is 16.6 Å². The molecule has 0 saturated heterocycles. The number of nitrogens with one attached hydrogen (secondary N) is 2. The van der Waals surface area contributed by atoms with Gasteiger partial charge in [0.1, 0.15) is 0 Å². The molecule has 3 aromatic heterocycles. The molecule has 3 heterocycles. The molecule has 0 aliphatic heterocycles. The van der Waals surface area contributed by atoms with Gasteiger partial charge < -0.3 is 5.32 Å². The molecule has 1 amide bonds. The van der Waals surface area contributed by atoms with Gasteiger partial charge in [-0.3, -0.25) is 14.5 Å². The van der Waals surface area contributed by atoms with Crippen LogP contribution in [0.2, 0.25) is 0 Å². The predicted octanol–water partition coefficient (Wildman–Crippen LogP) is 5.16. The Kier molecular flexibility index (Phi) is 6.00. The van der Waals surface area contributed by atoms with Crippen LogP contribution in [0.25, 0.3) is 10.7 Å². The summed E-state index contributed by atoms with van der Waals surface area (Å²) < 4.78 is 2.36. The van der Waals surface area contributed by atoms with Crippen molar-refractivity contribution in [3.05, 3.63) is 74.5 Å². The molecule has 5 nitrogen and oxygen atoms in total. The normalized spacial score (nSPS) is 10.3. The van der Waals surface area contributed by atoms with E-state index in [4.69, 9.17) is 12.2 Å². The monoisotopic (exact) mass is 436 g/mol. The Balaban J connectivity index is 1.40. The number of amides is 1. The van der Waals surface area contributed by atoms with Crippen molar-refractivity contribution in [3.63, 3.8) is 0 Å². The fraction of sp³-hybridized carbons (Fsp3) is 0.0952. The summed E-state index contributed by atoms with van der Waals surface area (Å²) in [7, 11) is 0. The molecule has 0 saturated carbocycles. The van der Waals surface area contributed by atoms with E-state index in [9.17, 15) is 4.79 Å². The number of benzene rings is 1. The fourth-order valence-corrected chi connectivity index (χ4v) is 4.23. The van der Waals surface area contributed by atoms with Crippen molar-refractivity contribution >= 4 is 46.5 Å². The van der Waals surface area contributed by atoms with Crippen LogP contribution in [0.5, 0.6) is 0 Å². The Morgan fingerprint density at radius 3 is 2.79 bits per heavy atom. The summed E-state index contributed by atoms with van der Waals surface area (Å²) in [6.45, 7) is 0.451. The van der Waals surface area contributed by atoms with Gasteiger partial charge >= 0.3 is 0 Å². The molecule has 0 unspecified atom stereocenters. The largest absolute Gasteiger partial charge is 0.326 e. The van der Waals surface area contributed by atoms with Crippen LogP contribution in [-0.2, 0) is 11.3 Å². The van der Waals surface area contributed by atoms with Crippen LogP contribution in [0.3, 0.4) is 0 Å². The third-order valence-corrected chi connectivity index (χ3v) is 6.02. The lowest BCUT2D eigenvalue weighted by molar-refractivity contribution is -0.116. The molecule has 144 valence electrons. The number of carbonyl (C=O) groups is 1. The van der Waals surface area contributed by atoms with E-state index < -0.39 is 0 Å². The number of aromatic nitrogens is 3. The van der Waals surface area contributed by atoms with Crippen molar-refractivity contribution in [2.45, 2.75) is 13.0 Å². The lowest BCUT2D eigenvalue weighted by Gasteiger charge is -2.07. The molecule has 0 radical (unpaired) electrons. The summed E-state index contributed by atoms with van der Waals surface area (Å²) >= 11 is 8.50. The highest BCUT2D eigenvalue weighted by Gasteiger charge is 2.11. The quantitative estimate of drug-likeness (QED) is 0.336. The number of aromatic amines is 1. The average Bonchev–Trinajstić information content (AvgIpc) is 3.47. The lowest BCUT2D eigenvalue weighted by Crippen LogP contribution is -2.15. The van der Waals surface area contributed by atoms with Crippen LogP contribution in [0.1, 0.15) is 16.9 Å². The number of anilines is 1. The van der Waals surface area contributed by atoms with Crippen molar-refractivity contribution in [1.82, 2.24) is 14.8 Å². The molecule has 0 spiro atoms. The van der Waals surface area contributed by atoms with E-state index >= 15 is 0 Å². The Labute approximate surface area is 181 Å². The van der Waals surface area contributed by atoms with Crippen molar-refractivity contribution in [2.75, 3.05) is 5.32 Å². The highest BCUT2D eigenvalue weighted by molar-refractivity contribution is 7.71. The molecule has 0 atom stereocenters. The SMILES string of the molecule is O=C(CCn1c(-c2cccs2)n[nH]c1=S)Nc1cccc(C#Cc2cccs2)c1. The molecular weight excluding hydrogens is 420 g/mol. The highest BCUT2D eigenvalue weighted by atomic mass is 32.1. The number of hydrogen-bond acceptors (Lipinski definition) is 5. The van der Waals surface area contributed by atoms with Crippen molar-refractivity contribution < 1.29 is 4.79 Å². The molecule has 0 fully saturated rings. The fourth-order valence-electron chi connectivity index (χ4n) is 2.71. The number of thiophene rings is 2. The number of nitrogens with zero attached hydrogens (tertiary/aromatic N) is 2. The van der Waals surface area contributed by atoms with Crippen molar-refractivity contribution in [3.8, 4) is 22.5 Å². The Hall–Kier alpha value is -2.99. The second kappa shape index (κ2) is 9.01. The van der Waals surface area contributed by atoms with E-state index in [2.05, 4.69) is 27.4 Å². The molecule has 2 N–H and O–H groups in total. The molecule has 0 aliphatic rings. The second-order valence-electron chi connectivity index (χ2n) is 6.09. The van der Waals surface area contributed by atoms with Gasteiger partial charge in [0.25, 0.3) is 0 Å². The zero-order valence-electron chi connectivity index (χ0n) is 15.2. The van der Waals surface area contributed by atoms with Gasteiger partial charge in [0.2, 0.25) is 5.91 Å². The average molecular weight is 437 g/mol. The maximum Gasteiger partial charge on any atom is 0.226 e. The van der Waals surface area contributed by atoms with Gasteiger partial charge in [0, 0.05) is 24.2 Å². The molecule has 0 bridgehead atoms. The Morgan fingerprint density at radius 2 is 2.00 bits per heavy atom. The maximum atomic E-state index is 12.5. The minimum absolute atomic E-state index is 0.0893. The van der Waals surface area contributed by atoms with E-state index in [1.807, 2.05) is 63.9 Å². The Bertz CT molecular complexity index is 1220. The summed E-state index contributed by atoms with van der Waals surface area (Å²) in [5.41, 5.74) is 1.58. The maximum absolute atomic E-state index is 12.5. The zero-order valence-corrected chi connectivity index (χ0v) is 17.7. The Morgan fingerprint density at radius 1 is 1.14 bits per heavy atom. The van der Waals surface area contributed by atoms with Crippen LogP contribution in [0.4, 0.5) is 5.69 Å². The smallest absolute Gasteiger partial charge is 0.226 e. The molecule has 1 aromatic carbocycles. The van der Waals surface area contributed by atoms with E-state index in [0.717, 1.165) is 26.8 Å². The first kappa shape index (κ1) is 19.3. The lowest BCUT2D eigenvalue weighted by atomic mass is 10.2. The minimum Gasteiger partial charge on any atom is -0.326 e.